The highest BCUT2D eigenvalue weighted by molar-refractivity contribution is 6.31. The number of esters is 1. The van der Waals surface area contributed by atoms with Gasteiger partial charge in [-0.3, -0.25) is 19.3 Å². The van der Waals surface area contributed by atoms with Gasteiger partial charge in [0.2, 0.25) is 11.8 Å². The van der Waals surface area contributed by atoms with Gasteiger partial charge in [-0.15, -0.1) is 23.2 Å². The summed E-state index contributed by atoms with van der Waals surface area (Å²) in [6.45, 7) is 3.54. The number of hydrogen-bond acceptors (Lipinski definition) is 5. The molecule has 190 valence electrons. The number of aryl methyl sites for hydroxylation is 2. The number of nitrogens with zero attached hydrogens (tertiary/aromatic N) is 1. The molecule has 2 fully saturated rings. The standard InChI is InChI=1S/C27H28Cl2N2O5/c1-3-15-7-5-8-16(4-2)24(15)30-23(32)14-36-27(35)17-9-6-10-18(11-17)31-25(33)19-12-21(28)22(29)13-20(19)26(31)34/h5-11,19-22H,3-4,12-14H2,1-2H3,(H,30,32)/t19-,20+,21+,22-. The van der Waals surface area contributed by atoms with E-state index in [2.05, 4.69) is 5.32 Å². The molecular weight excluding hydrogens is 503 g/mol. The fourth-order valence-electron chi connectivity index (χ4n) is 4.91. The average molecular weight is 531 g/mol. The van der Waals surface area contributed by atoms with Crippen molar-refractivity contribution in [3.8, 4) is 0 Å². The van der Waals surface area contributed by atoms with Gasteiger partial charge < -0.3 is 10.1 Å². The predicted octanol–water partition coefficient (Wildman–Crippen LogP) is 4.72. The molecule has 1 aliphatic carbocycles. The molecule has 0 bridgehead atoms. The largest absolute Gasteiger partial charge is 0.452 e. The van der Waals surface area contributed by atoms with Crippen molar-refractivity contribution < 1.29 is 23.9 Å². The summed E-state index contributed by atoms with van der Waals surface area (Å²) in [5.74, 6) is -2.91. The number of rotatable bonds is 7. The molecule has 0 unspecified atom stereocenters. The number of alkyl halides is 2. The highest BCUT2D eigenvalue weighted by Gasteiger charge is 2.52. The van der Waals surface area contributed by atoms with Gasteiger partial charge in [-0.1, -0.05) is 38.1 Å². The van der Waals surface area contributed by atoms with Gasteiger partial charge in [-0.25, -0.2) is 4.79 Å². The fourth-order valence-corrected chi connectivity index (χ4v) is 5.50. The van der Waals surface area contributed by atoms with Crippen molar-refractivity contribution in [3.63, 3.8) is 0 Å². The minimum Gasteiger partial charge on any atom is -0.452 e. The average Bonchev–Trinajstić information content (AvgIpc) is 3.11. The molecular formula is C27H28Cl2N2O5. The summed E-state index contributed by atoms with van der Waals surface area (Å²) < 4.78 is 5.23. The van der Waals surface area contributed by atoms with Crippen molar-refractivity contribution in [2.24, 2.45) is 11.8 Å². The molecule has 2 aliphatic rings. The van der Waals surface area contributed by atoms with Gasteiger partial charge in [0, 0.05) is 5.69 Å². The van der Waals surface area contributed by atoms with Crippen LogP contribution in [0.2, 0.25) is 0 Å². The van der Waals surface area contributed by atoms with E-state index in [9.17, 15) is 19.2 Å². The van der Waals surface area contributed by atoms with Crippen molar-refractivity contribution in [1.82, 2.24) is 0 Å². The summed E-state index contributed by atoms with van der Waals surface area (Å²) in [5.41, 5.74) is 3.16. The lowest BCUT2D eigenvalue weighted by Gasteiger charge is -2.28. The Morgan fingerprint density at radius 2 is 1.50 bits per heavy atom. The van der Waals surface area contributed by atoms with E-state index < -0.39 is 30.3 Å². The van der Waals surface area contributed by atoms with Gasteiger partial charge in [0.1, 0.15) is 0 Å². The molecule has 9 heteroatoms. The SMILES string of the molecule is CCc1cccc(CC)c1NC(=O)COC(=O)c1cccc(N2C(=O)[C@H]3C[C@@H](Cl)[C@@H](Cl)C[C@H]3C2=O)c1. The van der Waals surface area contributed by atoms with Crippen LogP contribution in [-0.4, -0.2) is 41.1 Å². The Bertz CT molecular complexity index is 1150. The molecule has 1 N–H and O–H groups in total. The topological polar surface area (TPSA) is 92.8 Å². The first-order valence-corrected chi connectivity index (χ1v) is 13.0. The van der Waals surface area contributed by atoms with E-state index in [1.54, 1.807) is 12.1 Å². The van der Waals surface area contributed by atoms with Crippen molar-refractivity contribution in [3.05, 3.63) is 59.2 Å². The van der Waals surface area contributed by atoms with E-state index in [4.69, 9.17) is 27.9 Å². The third-order valence-corrected chi connectivity index (χ3v) is 7.94. The molecule has 1 saturated carbocycles. The minimum atomic E-state index is -0.732. The number of fused-ring (bicyclic) bond motifs is 1. The molecule has 0 radical (unpaired) electrons. The third kappa shape index (κ3) is 5.13. The van der Waals surface area contributed by atoms with Crippen LogP contribution >= 0.6 is 23.2 Å². The van der Waals surface area contributed by atoms with Crippen LogP contribution in [0, 0.1) is 11.8 Å². The predicted molar refractivity (Wildman–Crippen MR) is 139 cm³/mol. The van der Waals surface area contributed by atoms with E-state index in [1.807, 2.05) is 32.0 Å². The molecule has 4 atom stereocenters. The number of carbonyl (C=O) groups excluding carboxylic acids is 4. The molecule has 1 saturated heterocycles. The highest BCUT2D eigenvalue weighted by atomic mass is 35.5. The molecule has 0 aromatic heterocycles. The number of nitrogens with one attached hydrogen (secondary N) is 1. The Balaban J connectivity index is 1.43. The molecule has 1 aliphatic heterocycles. The summed E-state index contributed by atoms with van der Waals surface area (Å²) in [4.78, 5) is 52.4. The molecule has 2 aromatic rings. The van der Waals surface area contributed by atoms with Crippen molar-refractivity contribution >= 4 is 58.3 Å². The number of benzene rings is 2. The normalized spacial score (nSPS) is 23.4. The van der Waals surface area contributed by atoms with E-state index in [1.165, 1.54) is 12.1 Å². The Kier molecular flexibility index (Phi) is 8.00. The first kappa shape index (κ1) is 26.2. The number of amides is 3. The van der Waals surface area contributed by atoms with E-state index in [-0.39, 0.29) is 33.8 Å². The second kappa shape index (κ2) is 11.0. The first-order chi connectivity index (χ1) is 17.2. The molecule has 7 nitrogen and oxygen atoms in total. The number of hydrogen-bond donors (Lipinski definition) is 1. The Labute approximate surface area is 220 Å². The maximum Gasteiger partial charge on any atom is 0.338 e. The number of ether oxygens (including phenoxy) is 1. The second-order valence-corrected chi connectivity index (χ2v) is 10.2. The Hall–Kier alpha value is -2.90. The lowest BCUT2D eigenvalue weighted by atomic mass is 9.80. The molecule has 0 spiro atoms. The van der Waals surface area contributed by atoms with E-state index >= 15 is 0 Å². The van der Waals surface area contributed by atoms with E-state index in [0.717, 1.165) is 34.6 Å². The van der Waals surface area contributed by atoms with Crippen molar-refractivity contribution in [2.75, 3.05) is 16.8 Å². The van der Waals surface area contributed by atoms with Crippen LogP contribution < -0.4 is 10.2 Å². The summed E-state index contributed by atoms with van der Waals surface area (Å²) in [6.07, 6.45) is 2.17. The number of imide groups is 1. The van der Waals surface area contributed by atoms with Crippen LogP contribution in [0.4, 0.5) is 11.4 Å². The molecule has 1 heterocycles. The number of para-hydroxylation sites is 1. The van der Waals surface area contributed by atoms with Crippen molar-refractivity contribution in [2.45, 2.75) is 50.3 Å². The van der Waals surface area contributed by atoms with E-state index in [0.29, 0.717) is 12.8 Å². The van der Waals surface area contributed by atoms with Crippen LogP contribution in [0.25, 0.3) is 0 Å². The maximum absolute atomic E-state index is 13.0. The Morgan fingerprint density at radius 1 is 0.944 bits per heavy atom. The van der Waals surface area contributed by atoms with Crippen LogP contribution in [0.15, 0.2) is 42.5 Å². The molecule has 4 rings (SSSR count). The zero-order valence-electron chi connectivity index (χ0n) is 20.1. The quantitative estimate of drug-likeness (QED) is 0.317. The maximum atomic E-state index is 13.0. The third-order valence-electron chi connectivity index (χ3n) is 6.85. The number of halogens is 2. The number of carbonyl (C=O) groups is 4. The molecule has 3 amide bonds. The van der Waals surface area contributed by atoms with Crippen LogP contribution in [0.5, 0.6) is 0 Å². The van der Waals surface area contributed by atoms with Crippen molar-refractivity contribution in [1.29, 1.82) is 0 Å². The first-order valence-electron chi connectivity index (χ1n) is 12.1. The van der Waals surface area contributed by atoms with Gasteiger partial charge >= 0.3 is 5.97 Å². The van der Waals surface area contributed by atoms with Gasteiger partial charge in [0.05, 0.1) is 33.8 Å². The van der Waals surface area contributed by atoms with Gasteiger partial charge in [-0.05, 0) is 55.0 Å². The van der Waals surface area contributed by atoms with Gasteiger partial charge in [-0.2, -0.15) is 0 Å². The van der Waals surface area contributed by atoms with Crippen LogP contribution in [-0.2, 0) is 32.0 Å². The smallest absolute Gasteiger partial charge is 0.338 e. The monoisotopic (exact) mass is 530 g/mol. The van der Waals surface area contributed by atoms with Crippen LogP contribution in [0.3, 0.4) is 0 Å². The van der Waals surface area contributed by atoms with Gasteiger partial charge in [0.25, 0.3) is 5.91 Å². The fraction of sp³-hybridized carbons (Fsp3) is 0.407. The summed E-state index contributed by atoms with van der Waals surface area (Å²) >= 11 is 12.5. The lowest BCUT2D eigenvalue weighted by Crippen LogP contribution is -2.34. The Morgan fingerprint density at radius 3 is 2.06 bits per heavy atom. The second-order valence-electron chi connectivity index (χ2n) is 9.06. The minimum absolute atomic E-state index is 0.129. The lowest BCUT2D eigenvalue weighted by molar-refractivity contribution is -0.122. The zero-order chi connectivity index (χ0) is 26.0. The highest BCUT2D eigenvalue weighted by Crippen LogP contribution is 2.43. The molecule has 36 heavy (non-hydrogen) atoms. The molecule has 2 aromatic carbocycles. The zero-order valence-corrected chi connectivity index (χ0v) is 21.6. The summed E-state index contributed by atoms with van der Waals surface area (Å²) in [6, 6.07) is 11.9. The van der Waals surface area contributed by atoms with Crippen LogP contribution in [0.1, 0.15) is 48.2 Å². The summed E-state index contributed by atoms with van der Waals surface area (Å²) in [5, 5.41) is 2.10. The summed E-state index contributed by atoms with van der Waals surface area (Å²) in [7, 11) is 0. The van der Waals surface area contributed by atoms with Gasteiger partial charge in [0.15, 0.2) is 6.61 Å². The number of anilines is 2.